The maximum atomic E-state index is 12.7. The van der Waals surface area contributed by atoms with Crippen LogP contribution >= 0.6 is 11.6 Å². The molecule has 0 saturated heterocycles. The summed E-state index contributed by atoms with van der Waals surface area (Å²) in [4.78, 5) is 32.9. The van der Waals surface area contributed by atoms with E-state index in [0.29, 0.717) is 41.2 Å². The lowest BCUT2D eigenvalue weighted by atomic mass is 9.95. The van der Waals surface area contributed by atoms with E-state index < -0.39 is 5.41 Å². The summed E-state index contributed by atoms with van der Waals surface area (Å²) < 4.78 is 0. The van der Waals surface area contributed by atoms with Crippen molar-refractivity contribution in [1.82, 2.24) is 15.3 Å². The molecular weight excluding hydrogens is 426 g/mol. The quantitative estimate of drug-likeness (QED) is 0.497. The molecule has 2 N–H and O–H groups in total. The van der Waals surface area contributed by atoms with E-state index in [1.165, 1.54) is 18.7 Å². The van der Waals surface area contributed by atoms with Crippen LogP contribution in [0.3, 0.4) is 0 Å². The average molecular weight is 446 g/mol. The van der Waals surface area contributed by atoms with Gasteiger partial charge in [0.15, 0.2) is 5.78 Å². The van der Waals surface area contributed by atoms with Crippen LogP contribution in [0.2, 0.25) is 5.02 Å². The zero-order valence-corrected chi connectivity index (χ0v) is 17.9. The normalized spacial score (nSPS) is 13.6. The Balaban J connectivity index is 1.33. The van der Waals surface area contributed by atoms with Crippen LogP contribution in [0.4, 0.5) is 11.4 Å². The first-order valence-electron chi connectivity index (χ1n) is 10.1. The number of hydrogen-bond donors (Lipinski definition) is 2. The minimum atomic E-state index is -0.628. The van der Waals surface area contributed by atoms with E-state index in [1.807, 2.05) is 24.3 Å². The van der Waals surface area contributed by atoms with Crippen molar-refractivity contribution in [3.63, 3.8) is 0 Å². The van der Waals surface area contributed by atoms with E-state index >= 15 is 0 Å². The van der Waals surface area contributed by atoms with Crippen LogP contribution in [0.1, 0.15) is 40.7 Å². The summed E-state index contributed by atoms with van der Waals surface area (Å²) in [6.07, 6.45) is 5.88. The molecule has 160 valence electrons. The van der Waals surface area contributed by atoms with E-state index in [4.69, 9.17) is 11.6 Å². The highest BCUT2D eigenvalue weighted by molar-refractivity contribution is 6.30. The van der Waals surface area contributed by atoms with Crippen LogP contribution in [0.5, 0.6) is 0 Å². The first-order chi connectivity index (χ1) is 15.5. The number of rotatable bonds is 8. The zero-order valence-electron chi connectivity index (χ0n) is 17.1. The number of carbonyl (C=O) groups excluding carboxylic acids is 2. The Labute approximate surface area is 190 Å². The van der Waals surface area contributed by atoms with E-state index in [9.17, 15) is 14.9 Å². The summed E-state index contributed by atoms with van der Waals surface area (Å²) in [5.74, 6) is -0.225. The lowest BCUT2D eigenvalue weighted by Crippen LogP contribution is -2.33. The first-order valence-corrected chi connectivity index (χ1v) is 10.5. The Morgan fingerprint density at radius 3 is 2.47 bits per heavy atom. The van der Waals surface area contributed by atoms with Gasteiger partial charge in [-0.2, -0.15) is 5.26 Å². The van der Waals surface area contributed by atoms with Gasteiger partial charge in [-0.25, -0.2) is 9.97 Å². The smallest absolute Gasteiger partial charge is 0.226 e. The molecule has 1 aromatic heterocycles. The van der Waals surface area contributed by atoms with Crippen LogP contribution in [-0.2, 0) is 11.3 Å². The van der Waals surface area contributed by atoms with Gasteiger partial charge < -0.3 is 10.6 Å². The molecular formula is C24H20ClN5O2. The van der Waals surface area contributed by atoms with Gasteiger partial charge in [0.2, 0.25) is 5.91 Å². The molecule has 1 fully saturated rings. The molecule has 1 aliphatic rings. The number of aromatic nitrogens is 2. The van der Waals surface area contributed by atoms with Crippen molar-refractivity contribution in [2.75, 3.05) is 5.32 Å². The SMILES string of the molecule is N#Cc1cc(Cl)ccc1Nc1ccc(CNC(=O)C2(CC(=O)c3cncnc3)CC2)cc1. The number of halogens is 1. The number of anilines is 2. The minimum absolute atomic E-state index is 0.107. The molecule has 0 spiro atoms. The van der Waals surface area contributed by atoms with Gasteiger partial charge in [0.05, 0.1) is 22.2 Å². The van der Waals surface area contributed by atoms with Gasteiger partial charge in [-0.15, -0.1) is 0 Å². The molecule has 0 atom stereocenters. The summed E-state index contributed by atoms with van der Waals surface area (Å²) >= 11 is 5.94. The maximum absolute atomic E-state index is 12.7. The molecule has 0 unspecified atom stereocenters. The number of carbonyl (C=O) groups is 2. The standard InChI is InChI=1S/C24H20ClN5O2/c25-19-3-6-21(17(9-19)11-26)30-20-4-1-16(2-5-20)12-29-23(32)24(7-8-24)10-22(31)18-13-27-15-28-14-18/h1-6,9,13-15,30H,7-8,10,12H2,(H,29,32). The van der Waals surface area contributed by atoms with Crippen molar-refractivity contribution in [3.8, 4) is 6.07 Å². The average Bonchev–Trinajstić information content (AvgIpc) is 3.60. The number of benzene rings is 2. The summed E-state index contributed by atoms with van der Waals surface area (Å²) in [5.41, 5.74) is 2.67. The Morgan fingerprint density at radius 1 is 1.09 bits per heavy atom. The third-order valence-corrected chi connectivity index (χ3v) is 5.74. The van der Waals surface area contributed by atoms with Crippen molar-refractivity contribution >= 4 is 34.7 Å². The summed E-state index contributed by atoms with van der Waals surface area (Å²) in [5, 5.41) is 15.9. The van der Waals surface area contributed by atoms with Crippen molar-refractivity contribution in [3.05, 3.63) is 82.9 Å². The van der Waals surface area contributed by atoms with Crippen LogP contribution < -0.4 is 10.6 Å². The van der Waals surface area contributed by atoms with Crippen molar-refractivity contribution in [1.29, 1.82) is 5.26 Å². The van der Waals surface area contributed by atoms with Gasteiger partial charge in [-0.05, 0) is 48.7 Å². The predicted octanol–water partition coefficient (Wildman–Crippen LogP) is 4.41. The predicted molar refractivity (Wildman–Crippen MR) is 120 cm³/mol. The van der Waals surface area contributed by atoms with Crippen LogP contribution in [0.15, 0.2) is 61.2 Å². The van der Waals surface area contributed by atoms with Crippen LogP contribution in [-0.4, -0.2) is 21.7 Å². The van der Waals surface area contributed by atoms with Gasteiger partial charge in [-0.3, -0.25) is 9.59 Å². The van der Waals surface area contributed by atoms with E-state index in [0.717, 1.165) is 11.3 Å². The monoisotopic (exact) mass is 445 g/mol. The topological polar surface area (TPSA) is 108 Å². The zero-order chi connectivity index (χ0) is 22.6. The van der Waals surface area contributed by atoms with Gasteiger partial charge >= 0.3 is 0 Å². The fourth-order valence-electron chi connectivity index (χ4n) is 3.44. The maximum Gasteiger partial charge on any atom is 0.226 e. The summed E-state index contributed by atoms with van der Waals surface area (Å²) in [7, 11) is 0. The van der Waals surface area contributed by atoms with Gasteiger partial charge in [0, 0.05) is 36.1 Å². The molecule has 3 aromatic rings. The number of ketones is 1. The number of nitrogens with zero attached hydrogens (tertiary/aromatic N) is 3. The molecule has 8 heteroatoms. The van der Waals surface area contributed by atoms with Crippen LogP contribution in [0.25, 0.3) is 0 Å². The molecule has 1 amide bonds. The van der Waals surface area contributed by atoms with E-state index in [1.54, 1.807) is 18.2 Å². The van der Waals surface area contributed by atoms with Gasteiger partial charge in [0.25, 0.3) is 0 Å². The Morgan fingerprint density at radius 2 is 1.81 bits per heavy atom. The first kappa shape index (κ1) is 21.5. The number of amides is 1. The number of nitriles is 1. The Bertz CT molecular complexity index is 1190. The molecule has 2 aromatic carbocycles. The molecule has 0 radical (unpaired) electrons. The second-order valence-electron chi connectivity index (χ2n) is 7.81. The van der Waals surface area contributed by atoms with Crippen molar-refractivity contribution in [2.45, 2.75) is 25.8 Å². The summed E-state index contributed by atoms with van der Waals surface area (Å²) in [6.45, 7) is 0.369. The highest BCUT2D eigenvalue weighted by Crippen LogP contribution is 2.49. The second kappa shape index (κ2) is 9.16. The molecule has 1 saturated carbocycles. The highest BCUT2D eigenvalue weighted by Gasteiger charge is 2.50. The van der Waals surface area contributed by atoms with Gasteiger partial charge in [-0.1, -0.05) is 23.7 Å². The molecule has 4 rings (SSSR count). The molecule has 1 heterocycles. The number of nitrogens with one attached hydrogen (secondary N) is 2. The fourth-order valence-corrected chi connectivity index (χ4v) is 3.61. The molecule has 32 heavy (non-hydrogen) atoms. The molecule has 0 bridgehead atoms. The third kappa shape index (κ3) is 4.93. The van der Waals surface area contributed by atoms with Crippen molar-refractivity contribution < 1.29 is 9.59 Å². The van der Waals surface area contributed by atoms with E-state index in [2.05, 4.69) is 26.7 Å². The van der Waals surface area contributed by atoms with E-state index in [-0.39, 0.29) is 18.1 Å². The highest BCUT2D eigenvalue weighted by atomic mass is 35.5. The summed E-state index contributed by atoms with van der Waals surface area (Å²) in [6, 6.07) is 14.8. The molecule has 1 aliphatic carbocycles. The van der Waals surface area contributed by atoms with Gasteiger partial charge in [0.1, 0.15) is 12.4 Å². The second-order valence-corrected chi connectivity index (χ2v) is 8.25. The van der Waals surface area contributed by atoms with Crippen molar-refractivity contribution in [2.24, 2.45) is 5.41 Å². The molecule has 0 aliphatic heterocycles. The third-order valence-electron chi connectivity index (χ3n) is 5.50. The Kier molecular flexibility index (Phi) is 6.15. The minimum Gasteiger partial charge on any atom is -0.354 e. The largest absolute Gasteiger partial charge is 0.354 e. The lowest BCUT2D eigenvalue weighted by molar-refractivity contribution is -0.126. The fraction of sp³-hybridized carbons (Fsp3) is 0.208. The van der Waals surface area contributed by atoms with Crippen LogP contribution in [0, 0.1) is 16.7 Å². The number of hydrogen-bond acceptors (Lipinski definition) is 6. The Hall–Kier alpha value is -3.76. The molecule has 7 nitrogen and oxygen atoms in total. The number of Topliss-reactive ketones (excluding diaryl/α,β-unsaturated/α-hetero) is 1. The lowest BCUT2D eigenvalue weighted by Gasteiger charge is -2.15.